The van der Waals surface area contributed by atoms with Crippen LogP contribution >= 0.6 is 0 Å². The third kappa shape index (κ3) is 3.55. The van der Waals surface area contributed by atoms with Gasteiger partial charge in [0.1, 0.15) is 17.0 Å². The molecule has 0 saturated heterocycles. The van der Waals surface area contributed by atoms with Crippen molar-refractivity contribution >= 4 is 0 Å². The van der Waals surface area contributed by atoms with E-state index in [-0.39, 0.29) is 5.56 Å². The first kappa shape index (κ1) is 15.2. The highest BCUT2D eigenvalue weighted by atomic mass is 16.3. The molecule has 3 N–H and O–H groups in total. The molecule has 2 aromatic heterocycles. The topological polar surface area (TPSA) is 112 Å². The lowest BCUT2D eigenvalue weighted by Crippen LogP contribution is -2.23. The fraction of sp³-hybridized carbons (Fsp3) is 0.375. The molecule has 1 saturated carbocycles. The maximum Gasteiger partial charge on any atom is 0.325 e. The highest BCUT2D eigenvalue weighted by Crippen LogP contribution is 2.41. The highest BCUT2D eigenvalue weighted by Gasteiger charge is 2.27. The lowest BCUT2D eigenvalue weighted by Gasteiger charge is -2.07. The molecular weight excluding hydrogens is 296 g/mol. The molecule has 7 heteroatoms. The maximum absolute atomic E-state index is 11.9. The molecule has 7 nitrogen and oxygen atoms in total. The van der Waals surface area contributed by atoms with Crippen molar-refractivity contribution in [2.24, 2.45) is 0 Å². The van der Waals surface area contributed by atoms with Crippen LogP contribution in [-0.4, -0.2) is 30.9 Å². The van der Waals surface area contributed by atoms with Crippen molar-refractivity contribution in [1.82, 2.24) is 20.2 Å². The SMILES string of the molecule is CC(C)(O)C#Cc1nnc(-c2c[nH]c(=O)[nH]c2=O)cc1C1CC1. The average molecular weight is 312 g/mol. The van der Waals surface area contributed by atoms with Crippen molar-refractivity contribution in [1.29, 1.82) is 0 Å². The van der Waals surface area contributed by atoms with Gasteiger partial charge in [-0.2, -0.15) is 0 Å². The van der Waals surface area contributed by atoms with Crippen molar-refractivity contribution in [2.75, 3.05) is 0 Å². The Balaban J connectivity index is 2.08. The zero-order chi connectivity index (χ0) is 16.6. The van der Waals surface area contributed by atoms with Crippen LogP contribution in [0.5, 0.6) is 0 Å². The molecule has 0 bridgehead atoms. The quantitative estimate of drug-likeness (QED) is 0.700. The number of H-pyrrole nitrogens is 2. The molecule has 0 aromatic carbocycles. The molecule has 0 amide bonds. The molecule has 0 spiro atoms. The second-order valence-corrected chi connectivity index (χ2v) is 6.10. The number of rotatable bonds is 2. The van der Waals surface area contributed by atoms with E-state index < -0.39 is 16.9 Å². The van der Waals surface area contributed by atoms with Gasteiger partial charge in [0.25, 0.3) is 5.56 Å². The van der Waals surface area contributed by atoms with Crippen molar-refractivity contribution in [2.45, 2.75) is 38.2 Å². The second-order valence-electron chi connectivity index (χ2n) is 6.10. The second kappa shape index (κ2) is 5.48. The molecule has 2 aromatic rings. The lowest BCUT2D eigenvalue weighted by molar-refractivity contribution is 0.143. The maximum atomic E-state index is 11.9. The van der Waals surface area contributed by atoms with Gasteiger partial charge in [0, 0.05) is 6.20 Å². The summed E-state index contributed by atoms with van der Waals surface area (Å²) in [5.74, 6) is 5.93. The molecule has 1 aliphatic carbocycles. The van der Waals surface area contributed by atoms with Crippen LogP contribution in [0.15, 0.2) is 21.9 Å². The highest BCUT2D eigenvalue weighted by molar-refractivity contribution is 5.58. The first-order chi connectivity index (χ1) is 10.8. The molecule has 1 aliphatic rings. The number of aliphatic hydroxyl groups is 1. The van der Waals surface area contributed by atoms with Gasteiger partial charge in [-0.3, -0.25) is 9.78 Å². The van der Waals surface area contributed by atoms with Crippen molar-refractivity contribution in [3.63, 3.8) is 0 Å². The third-order valence-corrected chi connectivity index (χ3v) is 3.42. The number of aromatic amines is 2. The number of hydrogen-bond donors (Lipinski definition) is 3. The fourth-order valence-electron chi connectivity index (χ4n) is 2.15. The molecule has 0 radical (unpaired) electrons. The normalized spacial score (nSPS) is 14.2. The first-order valence-corrected chi connectivity index (χ1v) is 7.29. The summed E-state index contributed by atoms with van der Waals surface area (Å²) in [6, 6.07) is 1.78. The van der Waals surface area contributed by atoms with E-state index in [2.05, 4.69) is 32.0 Å². The Bertz CT molecular complexity index is 921. The molecule has 1 fully saturated rings. The van der Waals surface area contributed by atoms with Gasteiger partial charge < -0.3 is 10.1 Å². The Morgan fingerprint density at radius 3 is 2.65 bits per heavy atom. The largest absolute Gasteiger partial charge is 0.378 e. The van der Waals surface area contributed by atoms with E-state index in [1.54, 1.807) is 19.9 Å². The number of aromatic nitrogens is 4. The minimum Gasteiger partial charge on any atom is -0.378 e. The summed E-state index contributed by atoms with van der Waals surface area (Å²) >= 11 is 0. The zero-order valence-electron chi connectivity index (χ0n) is 12.8. The van der Waals surface area contributed by atoms with Gasteiger partial charge in [-0.25, -0.2) is 4.79 Å². The first-order valence-electron chi connectivity index (χ1n) is 7.29. The van der Waals surface area contributed by atoms with E-state index in [0.717, 1.165) is 18.4 Å². The molecule has 2 heterocycles. The minimum absolute atomic E-state index is 0.251. The fourth-order valence-corrected chi connectivity index (χ4v) is 2.15. The smallest absolute Gasteiger partial charge is 0.325 e. The lowest BCUT2D eigenvalue weighted by atomic mass is 10.1. The van der Waals surface area contributed by atoms with Gasteiger partial charge in [0.05, 0.1) is 5.56 Å². The molecular formula is C16H16N4O3. The van der Waals surface area contributed by atoms with Gasteiger partial charge in [0.15, 0.2) is 0 Å². The summed E-state index contributed by atoms with van der Waals surface area (Å²) in [6.45, 7) is 3.19. The van der Waals surface area contributed by atoms with Gasteiger partial charge in [-0.1, -0.05) is 5.92 Å². The summed E-state index contributed by atoms with van der Waals surface area (Å²) in [7, 11) is 0. The van der Waals surface area contributed by atoms with Crippen LogP contribution in [0.25, 0.3) is 11.3 Å². The summed E-state index contributed by atoms with van der Waals surface area (Å²) in [6.07, 6.45) is 3.39. The van der Waals surface area contributed by atoms with Gasteiger partial charge in [0.2, 0.25) is 0 Å². The van der Waals surface area contributed by atoms with E-state index in [9.17, 15) is 14.7 Å². The monoisotopic (exact) mass is 312 g/mol. The molecule has 0 unspecified atom stereocenters. The van der Waals surface area contributed by atoms with E-state index in [4.69, 9.17) is 0 Å². The standard InChI is InChI=1S/C16H16N4O3/c1-16(2,23)6-5-12-10(9-3-4-9)7-13(20-19-12)11-8-17-15(22)18-14(11)21/h7-9,23H,3-4H2,1-2H3,(H2,17,18,21,22). The van der Waals surface area contributed by atoms with Crippen LogP contribution in [0.4, 0.5) is 0 Å². The van der Waals surface area contributed by atoms with Crippen LogP contribution in [0.2, 0.25) is 0 Å². The van der Waals surface area contributed by atoms with E-state index >= 15 is 0 Å². The van der Waals surface area contributed by atoms with Crippen LogP contribution in [-0.2, 0) is 0 Å². The molecule has 0 aliphatic heterocycles. The van der Waals surface area contributed by atoms with Gasteiger partial charge >= 0.3 is 5.69 Å². The Kier molecular flexibility index (Phi) is 3.62. The summed E-state index contributed by atoms with van der Waals surface area (Å²) in [5, 5.41) is 17.9. The number of hydrogen-bond acceptors (Lipinski definition) is 5. The van der Waals surface area contributed by atoms with Crippen LogP contribution < -0.4 is 11.2 Å². The average Bonchev–Trinajstić information content (AvgIpc) is 3.29. The third-order valence-electron chi connectivity index (χ3n) is 3.42. The van der Waals surface area contributed by atoms with Crippen LogP contribution in [0.1, 0.15) is 43.9 Å². The molecule has 3 rings (SSSR count). The van der Waals surface area contributed by atoms with Crippen LogP contribution in [0.3, 0.4) is 0 Å². The summed E-state index contributed by atoms with van der Waals surface area (Å²) in [4.78, 5) is 27.6. The summed E-state index contributed by atoms with van der Waals surface area (Å²) < 4.78 is 0. The Morgan fingerprint density at radius 2 is 2.04 bits per heavy atom. The van der Waals surface area contributed by atoms with E-state index in [1.165, 1.54) is 6.20 Å². The molecule has 118 valence electrons. The van der Waals surface area contributed by atoms with Gasteiger partial charge in [-0.05, 0) is 50.2 Å². The number of nitrogens with zero attached hydrogens (tertiary/aromatic N) is 2. The van der Waals surface area contributed by atoms with Crippen LogP contribution in [0, 0.1) is 11.8 Å². The van der Waals surface area contributed by atoms with E-state index in [1.807, 2.05) is 0 Å². The molecule has 23 heavy (non-hydrogen) atoms. The Hall–Kier alpha value is -2.72. The summed E-state index contributed by atoms with van der Waals surface area (Å²) in [5.41, 5.74) is -0.130. The minimum atomic E-state index is -1.11. The van der Waals surface area contributed by atoms with E-state index in [0.29, 0.717) is 17.3 Å². The predicted octanol–water partition coefficient (Wildman–Crippen LogP) is 0.520. The zero-order valence-corrected chi connectivity index (χ0v) is 12.8. The van der Waals surface area contributed by atoms with Crippen molar-refractivity contribution < 1.29 is 5.11 Å². The molecule has 0 atom stereocenters. The van der Waals surface area contributed by atoms with Crippen molar-refractivity contribution in [3.8, 4) is 23.1 Å². The number of nitrogens with one attached hydrogen (secondary N) is 2. The Labute approximate surface area is 131 Å². The predicted molar refractivity (Wildman–Crippen MR) is 83.9 cm³/mol. The van der Waals surface area contributed by atoms with Crippen molar-refractivity contribution in [3.05, 3.63) is 44.4 Å². The van der Waals surface area contributed by atoms with Gasteiger partial charge in [-0.15, -0.1) is 10.2 Å². The Morgan fingerprint density at radius 1 is 1.30 bits per heavy atom.